The lowest BCUT2D eigenvalue weighted by Gasteiger charge is -2.36. The Hall–Kier alpha value is -1.96. The number of sulfonamides is 1. The zero-order chi connectivity index (χ0) is 18.7. The molecule has 0 amide bonds. The van der Waals surface area contributed by atoms with E-state index in [1.165, 1.54) is 16.6 Å². The normalized spacial score (nSPS) is 21.5. The Morgan fingerprint density at radius 3 is 2.58 bits per heavy atom. The van der Waals surface area contributed by atoms with Gasteiger partial charge in [0.05, 0.1) is 12.8 Å². The lowest BCUT2D eigenvalue weighted by Crippen LogP contribution is -2.47. The first kappa shape index (κ1) is 18.8. The van der Waals surface area contributed by atoms with Crippen LogP contribution < -0.4 is 10.5 Å². The number of nitrogens with zero attached hydrogens (tertiary/aromatic N) is 1. The summed E-state index contributed by atoms with van der Waals surface area (Å²) >= 11 is 0. The van der Waals surface area contributed by atoms with Crippen molar-refractivity contribution >= 4 is 10.0 Å². The van der Waals surface area contributed by atoms with Crippen molar-refractivity contribution in [3.05, 3.63) is 65.5 Å². The molecule has 0 spiro atoms. The molecule has 1 aliphatic rings. The second-order valence-electron chi connectivity index (χ2n) is 6.63. The number of piperidine rings is 1. The smallest absolute Gasteiger partial charge is 0.211 e. The third-order valence-electron chi connectivity index (χ3n) is 4.64. The van der Waals surface area contributed by atoms with Crippen LogP contribution in [0.1, 0.15) is 23.5 Å². The molecule has 7 heteroatoms. The standard InChI is InChI=1S/C19H23FN2O3S/c1-26(23,24)22-12-16(15-5-3-2-4-6-15)10-17(13-22)25-19-9-14(11-21)7-8-18(19)20/h2-9,16-17H,10-13,21H2,1H3/t16-,17+/m0/s1. The summed E-state index contributed by atoms with van der Waals surface area (Å²) in [5.41, 5.74) is 7.42. The average Bonchev–Trinajstić information content (AvgIpc) is 2.63. The first-order valence-electron chi connectivity index (χ1n) is 8.52. The summed E-state index contributed by atoms with van der Waals surface area (Å²) in [6.07, 6.45) is 1.36. The van der Waals surface area contributed by atoms with Gasteiger partial charge in [-0.2, -0.15) is 4.31 Å². The van der Waals surface area contributed by atoms with Gasteiger partial charge in [0.25, 0.3) is 0 Å². The van der Waals surface area contributed by atoms with Crippen LogP contribution in [0.5, 0.6) is 5.75 Å². The molecule has 0 unspecified atom stereocenters. The summed E-state index contributed by atoms with van der Waals surface area (Å²) in [4.78, 5) is 0. The summed E-state index contributed by atoms with van der Waals surface area (Å²) in [6, 6.07) is 14.2. The molecular formula is C19H23FN2O3S. The lowest BCUT2D eigenvalue weighted by atomic mass is 9.90. The van der Waals surface area contributed by atoms with Gasteiger partial charge < -0.3 is 10.5 Å². The van der Waals surface area contributed by atoms with Crippen LogP contribution in [0.15, 0.2) is 48.5 Å². The SMILES string of the molecule is CS(=O)(=O)N1C[C@H](Oc2cc(CN)ccc2F)C[C@H](c2ccccc2)C1. The molecule has 0 radical (unpaired) electrons. The minimum absolute atomic E-state index is 0.00886. The summed E-state index contributed by atoms with van der Waals surface area (Å²) in [5.74, 6) is -0.375. The molecule has 2 N–H and O–H groups in total. The van der Waals surface area contributed by atoms with Crippen molar-refractivity contribution in [3.8, 4) is 5.75 Å². The fourth-order valence-corrected chi connectivity index (χ4v) is 4.17. The maximum absolute atomic E-state index is 14.1. The summed E-state index contributed by atoms with van der Waals surface area (Å²) < 4.78 is 45.6. The molecule has 1 fully saturated rings. The fraction of sp³-hybridized carbons (Fsp3) is 0.368. The van der Waals surface area contributed by atoms with Gasteiger partial charge in [0, 0.05) is 19.0 Å². The van der Waals surface area contributed by atoms with E-state index in [-0.39, 0.29) is 24.8 Å². The third-order valence-corrected chi connectivity index (χ3v) is 5.88. The van der Waals surface area contributed by atoms with Crippen LogP contribution in [-0.4, -0.2) is 38.2 Å². The predicted octanol–water partition coefficient (Wildman–Crippen LogP) is 2.48. The van der Waals surface area contributed by atoms with Crippen LogP contribution in [0.2, 0.25) is 0 Å². The summed E-state index contributed by atoms with van der Waals surface area (Å²) in [5, 5.41) is 0. The first-order chi connectivity index (χ1) is 12.4. The molecular weight excluding hydrogens is 355 g/mol. The molecule has 2 atom stereocenters. The largest absolute Gasteiger partial charge is 0.486 e. The van der Waals surface area contributed by atoms with Gasteiger partial charge in [-0.25, -0.2) is 12.8 Å². The molecule has 0 saturated carbocycles. The van der Waals surface area contributed by atoms with E-state index in [0.717, 1.165) is 11.1 Å². The molecule has 1 heterocycles. The third kappa shape index (κ3) is 4.41. The van der Waals surface area contributed by atoms with Gasteiger partial charge >= 0.3 is 0 Å². The molecule has 5 nitrogen and oxygen atoms in total. The second kappa shape index (κ2) is 7.73. The van der Waals surface area contributed by atoms with Gasteiger partial charge in [0.1, 0.15) is 6.10 Å². The highest BCUT2D eigenvalue weighted by atomic mass is 32.2. The number of benzene rings is 2. The van der Waals surface area contributed by atoms with E-state index in [1.807, 2.05) is 30.3 Å². The van der Waals surface area contributed by atoms with Gasteiger partial charge in [0.15, 0.2) is 11.6 Å². The van der Waals surface area contributed by atoms with E-state index >= 15 is 0 Å². The minimum Gasteiger partial charge on any atom is -0.486 e. The van der Waals surface area contributed by atoms with E-state index in [2.05, 4.69) is 0 Å². The molecule has 1 aliphatic heterocycles. The van der Waals surface area contributed by atoms with Crippen molar-refractivity contribution in [3.63, 3.8) is 0 Å². The summed E-state index contributed by atoms with van der Waals surface area (Å²) in [7, 11) is -3.38. The molecule has 2 aromatic carbocycles. The van der Waals surface area contributed by atoms with Crippen LogP contribution >= 0.6 is 0 Å². The molecule has 1 saturated heterocycles. The van der Waals surface area contributed by atoms with Crippen LogP contribution in [-0.2, 0) is 16.6 Å². The Balaban J connectivity index is 1.86. The molecule has 0 aliphatic carbocycles. The van der Waals surface area contributed by atoms with E-state index in [4.69, 9.17) is 10.5 Å². The van der Waals surface area contributed by atoms with Gasteiger partial charge in [-0.1, -0.05) is 36.4 Å². The van der Waals surface area contributed by atoms with E-state index in [9.17, 15) is 12.8 Å². The molecule has 0 bridgehead atoms. The second-order valence-corrected chi connectivity index (χ2v) is 8.61. The molecule has 3 rings (SSSR count). The van der Waals surface area contributed by atoms with Crippen molar-refractivity contribution in [2.75, 3.05) is 19.3 Å². The zero-order valence-corrected chi connectivity index (χ0v) is 15.5. The molecule has 2 aromatic rings. The maximum Gasteiger partial charge on any atom is 0.211 e. The highest BCUT2D eigenvalue weighted by molar-refractivity contribution is 7.88. The van der Waals surface area contributed by atoms with E-state index in [0.29, 0.717) is 13.0 Å². The number of hydrogen-bond acceptors (Lipinski definition) is 4. The Kier molecular flexibility index (Phi) is 5.60. The van der Waals surface area contributed by atoms with Crippen molar-refractivity contribution < 1.29 is 17.5 Å². The van der Waals surface area contributed by atoms with E-state index < -0.39 is 21.9 Å². The quantitative estimate of drug-likeness (QED) is 0.868. The van der Waals surface area contributed by atoms with Gasteiger partial charge in [-0.05, 0) is 29.7 Å². The number of halogens is 1. The number of hydrogen-bond donors (Lipinski definition) is 1. The topological polar surface area (TPSA) is 72.6 Å². The van der Waals surface area contributed by atoms with Gasteiger partial charge in [0.2, 0.25) is 10.0 Å². The molecule has 26 heavy (non-hydrogen) atoms. The van der Waals surface area contributed by atoms with Crippen molar-refractivity contribution in [2.24, 2.45) is 5.73 Å². The van der Waals surface area contributed by atoms with Crippen LogP contribution in [0.25, 0.3) is 0 Å². The number of rotatable bonds is 5. The highest BCUT2D eigenvalue weighted by Crippen LogP contribution is 2.31. The van der Waals surface area contributed by atoms with Gasteiger partial charge in [-0.15, -0.1) is 0 Å². The first-order valence-corrected chi connectivity index (χ1v) is 10.4. The van der Waals surface area contributed by atoms with Crippen LogP contribution in [0.3, 0.4) is 0 Å². The summed E-state index contributed by atoms with van der Waals surface area (Å²) in [6.45, 7) is 0.881. The van der Waals surface area contributed by atoms with E-state index in [1.54, 1.807) is 12.1 Å². The highest BCUT2D eigenvalue weighted by Gasteiger charge is 2.34. The predicted molar refractivity (Wildman–Crippen MR) is 98.9 cm³/mol. The van der Waals surface area contributed by atoms with Crippen molar-refractivity contribution in [2.45, 2.75) is 25.0 Å². The molecule has 140 valence electrons. The van der Waals surface area contributed by atoms with Crippen molar-refractivity contribution in [1.82, 2.24) is 4.31 Å². The maximum atomic E-state index is 14.1. The monoisotopic (exact) mass is 378 g/mol. The number of nitrogens with two attached hydrogens (primary N) is 1. The van der Waals surface area contributed by atoms with Crippen LogP contribution in [0, 0.1) is 5.82 Å². The van der Waals surface area contributed by atoms with Gasteiger partial charge in [-0.3, -0.25) is 0 Å². The zero-order valence-electron chi connectivity index (χ0n) is 14.6. The van der Waals surface area contributed by atoms with Crippen molar-refractivity contribution in [1.29, 1.82) is 0 Å². The Morgan fingerprint density at radius 2 is 1.92 bits per heavy atom. The minimum atomic E-state index is -3.38. The Bertz CT molecular complexity index is 858. The Morgan fingerprint density at radius 1 is 1.19 bits per heavy atom. The lowest BCUT2D eigenvalue weighted by molar-refractivity contribution is 0.113. The Labute approximate surface area is 153 Å². The average molecular weight is 378 g/mol. The number of ether oxygens (including phenoxy) is 1. The molecule has 0 aromatic heterocycles. The van der Waals surface area contributed by atoms with Crippen LogP contribution in [0.4, 0.5) is 4.39 Å². The fourth-order valence-electron chi connectivity index (χ4n) is 3.28.